The molecule has 1 aliphatic rings. The van der Waals surface area contributed by atoms with Crippen LogP contribution in [0.2, 0.25) is 0 Å². The van der Waals surface area contributed by atoms with Crippen molar-refractivity contribution in [1.29, 1.82) is 0 Å². The summed E-state index contributed by atoms with van der Waals surface area (Å²) in [6, 6.07) is 6.59. The molecule has 2 rings (SSSR count). The minimum Gasteiger partial charge on any atom is -0.496 e. The first kappa shape index (κ1) is 14.4. The van der Waals surface area contributed by atoms with E-state index < -0.39 is 0 Å². The van der Waals surface area contributed by atoms with Crippen LogP contribution in [0.15, 0.2) is 18.2 Å². The second-order valence-corrected chi connectivity index (χ2v) is 5.75. The Bertz CT molecular complexity index is 402. The highest BCUT2D eigenvalue weighted by atomic mass is 16.5. The number of ether oxygens (including phenoxy) is 1. The van der Waals surface area contributed by atoms with Gasteiger partial charge in [0.15, 0.2) is 0 Å². The molecule has 0 aliphatic heterocycles. The molecule has 0 amide bonds. The van der Waals surface area contributed by atoms with Gasteiger partial charge in [0.05, 0.1) is 7.11 Å². The number of methoxy groups -OCH3 is 1. The van der Waals surface area contributed by atoms with E-state index in [0.29, 0.717) is 5.92 Å². The van der Waals surface area contributed by atoms with Gasteiger partial charge in [0.1, 0.15) is 5.75 Å². The molecule has 2 heteroatoms. The Morgan fingerprint density at radius 3 is 2.89 bits per heavy atom. The van der Waals surface area contributed by atoms with E-state index in [4.69, 9.17) is 4.74 Å². The predicted octanol–water partition coefficient (Wildman–Crippen LogP) is 3.89. The van der Waals surface area contributed by atoms with E-state index in [-0.39, 0.29) is 0 Å². The number of hydrogen-bond acceptors (Lipinski definition) is 2. The van der Waals surface area contributed by atoms with Crippen molar-refractivity contribution >= 4 is 0 Å². The van der Waals surface area contributed by atoms with Gasteiger partial charge < -0.3 is 10.1 Å². The summed E-state index contributed by atoms with van der Waals surface area (Å²) in [4.78, 5) is 0. The molecule has 1 fully saturated rings. The Morgan fingerprint density at radius 1 is 1.32 bits per heavy atom. The Kier molecular flexibility index (Phi) is 5.26. The normalized spacial score (nSPS) is 22.7. The molecule has 1 N–H and O–H groups in total. The first-order valence-corrected chi connectivity index (χ1v) is 7.61. The largest absolute Gasteiger partial charge is 0.496 e. The van der Waals surface area contributed by atoms with Crippen LogP contribution in [0, 0.1) is 12.8 Å². The van der Waals surface area contributed by atoms with Crippen LogP contribution in [0.25, 0.3) is 0 Å². The number of nitrogens with one attached hydrogen (secondary N) is 1. The van der Waals surface area contributed by atoms with Crippen molar-refractivity contribution in [3.8, 4) is 5.75 Å². The number of rotatable bonds is 6. The summed E-state index contributed by atoms with van der Waals surface area (Å²) >= 11 is 0. The van der Waals surface area contributed by atoms with E-state index >= 15 is 0 Å². The lowest BCUT2D eigenvalue weighted by Crippen LogP contribution is -2.25. The van der Waals surface area contributed by atoms with Crippen molar-refractivity contribution in [2.24, 2.45) is 5.92 Å². The van der Waals surface area contributed by atoms with Gasteiger partial charge in [-0.2, -0.15) is 0 Å². The molecule has 0 spiro atoms. The molecule has 2 unspecified atom stereocenters. The van der Waals surface area contributed by atoms with Crippen LogP contribution in [0.1, 0.15) is 49.7 Å². The van der Waals surface area contributed by atoms with Crippen LogP contribution < -0.4 is 10.1 Å². The van der Waals surface area contributed by atoms with Gasteiger partial charge in [0.2, 0.25) is 0 Å². The fraction of sp³-hybridized carbons (Fsp3) is 0.647. The Morgan fingerprint density at radius 2 is 2.16 bits per heavy atom. The second-order valence-electron chi connectivity index (χ2n) is 5.75. The number of benzene rings is 1. The molecule has 1 saturated carbocycles. The maximum Gasteiger partial charge on any atom is 0.122 e. The third-order valence-corrected chi connectivity index (χ3v) is 4.28. The van der Waals surface area contributed by atoms with Crippen molar-refractivity contribution in [2.75, 3.05) is 20.2 Å². The van der Waals surface area contributed by atoms with Crippen molar-refractivity contribution in [1.82, 2.24) is 5.32 Å². The molecule has 0 radical (unpaired) electrons. The highest BCUT2D eigenvalue weighted by Crippen LogP contribution is 2.43. The van der Waals surface area contributed by atoms with E-state index in [1.807, 2.05) is 0 Å². The maximum absolute atomic E-state index is 5.57. The summed E-state index contributed by atoms with van der Waals surface area (Å²) in [6.45, 7) is 6.68. The zero-order valence-corrected chi connectivity index (χ0v) is 12.5. The van der Waals surface area contributed by atoms with Gasteiger partial charge in [-0.1, -0.05) is 31.0 Å². The van der Waals surface area contributed by atoms with Gasteiger partial charge in [-0.05, 0) is 62.7 Å². The summed E-state index contributed by atoms with van der Waals surface area (Å²) < 4.78 is 5.57. The number of hydrogen-bond donors (Lipinski definition) is 1. The summed E-state index contributed by atoms with van der Waals surface area (Å²) in [5.41, 5.74) is 2.76. The third kappa shape index (κ3) is 3.50. The van der Waals surface area contributed by atoms with E-state index in [2.05, 4.69) is 37.4 Å². The van der Waals surface area contributed by atoms with Crippen LogP contribution >= 0.6 is 0 Å². The van der Waals surface area contributed by atoms with E-state index in [1.165, 1.54) is 36.8 Å². The zero-order chi connectivity index (χ0) is 13.7. The molecule has 106 valence electrons. The average molecular weight is 261 g/mol. The highest BCUT2D eigenvalue weighted by molar-refractivity contribution is 5.40. The van der Waals surface area contributed by atoms with Crippen molar-refractivity contribution in [2.45, 2.75) is 45.4 Å². The molecule has 19 heavy (non-hydrogen) atoms. The molecular weight excluding hydrogens is 234 g/mol. The highest BCUT2D eigenvalue weighted by Gasteiger charge is 2.30. The smallest absolute Gasteiger partial charge is 0.122 e. The van der Waals surface area contributed by atoms with Crippen LogP contribution in [-0.4, -0.2) is 20.2 Å². The quantitative estimate of drug-likeness (QED) is 0.784. The van der Waals surface area contributed by atoms with Gasteiger partial charge in [-0.25, -0.2) is 0 Å². The fourth-order valence-electron chi connectivity index (χ4n) is 3.30. The maximum atomic E-state index is 5.57. The van der Waals surface area contributed by atoms with E-state index in [9.17, 15) is 0 Å². The van der Waals surface area contributed by atoms with Gasteiger partial charge >= 0.3 is 0 Å². The van der Waals surface area contributed by atoms with Crippen LogP contribution in [0.4, 0.5) is 0 Å². The topological polar surface area (TPSA) is 21.3 Å². The first-order valence-electron chi connectivity index (χ1n) is 7.61. The van der Waals surface area contributed by atoms with Crippen molar-refractivity contribution in [3.05, 3.63) is 29.3 Å². The minimum absolute atomic E-state index is 0.666. The summed E-state index contributed by atoms with van der Waals surface area (Å²) in [7, 11) is 1.79. The van der Waals surface area contributed by atoms with Crippen molar-refractivity contribution in [3.63, 3.8) is 0 Å². The first-order chi connectivity index (χ1) is 9.26. The standard InChI is InChI=1S/C17H27NO/c1-4-10-18-12-14-6-5-7-15(14)16-11-13(2)8-9-17(16)19-3/h8-9,11,14-15,18H,4-7,10,12H2,1-3H3. The summed E-state index contributed by atoms with van der Waals surface area (Å²) in [6.07, 6.45) is 5.21. The zero-order valence-electron chi connectivity index (χ0n) is 12.5. The minimum atomic E-state index is 0.666. The molecule has 2 nitrogen and oxygen atoms in total. The average Bonchev–Trinajstić information content (AvgIpc) is 2.87. The summed E-state index contributed by atoms with van der Waals surface area (Å²) in [5.74, 6) is 2.50. The molecule has 0 saturated heterocycles. The molecule has 1 aromatic carbocycles. The van der Waals surface area contributed by atoms with Gasteiger partial charge in [0.25, 0.3) is 0 Å². The Balaban J connectivity index is 2.12. The Labute approximate surface area is 117 Å². The monoisotopic (exact) mass is 261 g/mol. The molecule has 1 aliphatic carbocycles. The van der Waals surface area contributed by atoms with Crippen LogP contribution in [0.5, 0.6) is 5.75 Å². The lowest BCUT2D eigenvalue weighted by atomic mass is 9.87. The third-order valence-electron chi connectivity index (χ3n) is 4.28. The van der Waals surface area contributed by atoms with E-state index in [1.54, 1.807) is 7.11 Å². The lowest BCUT2D eigenvalue weighted by molar-refractivity contribution is 0.389. The number of aryl methyl sites for hydroxylation is 1. The second kappa shape index (κ2) is 6.95. The van der Waals surface area contributed by atoms with E-state index in [0.717, 1.165) is 24.8 Å². The van der Waals surface area contributed by atoms with Crippen molar-refractivity contribution < 1.29 is 4.74 Å². The molecule has 2 atom stereocenters. The summed E-state index contributed by atoms with van der Waals surface area (Å²) in [5, 5.41) is 3.59. The van der Waals surface area contributed by atoms with Gasteiger partial charge in [-0.15, -0.1) is 0 Å². The van der Waals surface area contributed by atoms with Gasteiger partial charge in [0, 0.05) is 0 Å². The fourth-order valence-corrected chi connectivity index (χ4v) is 3.30. The molecule has 0 aromatic heterocycles. The molecule has 1 aromatic rings. The predicted molar refractivity (Wildman–Crippen MR) is 81.0 cm³/mol. The van der Waals surface area contributed by atoms with Crippen LogP contribution in [-0.2, 0) is 0 Å². The van der Waals surface area contributed by atoms with Crippen LogP contribution in [0.3, 0.4) is 0 Å². The SMILES string of the molecule is CCCNCC1CCCC1c1cc(C)ccc1OC. The Hall–Kier alpha value is -1.02. The molecule has 0 heterocycles. The molecular formula is C17H27NO. The molecule has 0 bridgehead atoms. The lowest BCUT2D eigenvalue weighted by Gasteiger charge is -2.23. The van der Waals surface area contributed by atoms with Gasteiger partial charge in [-0.3, -0.25) is 0 Å².